The highest BCUT2D eigenvalue weighted by Gasteiger charge is 2.57. The molecule has 1 heterocycles. The summed E-state index contributed by atoms with van der Waals surface area (Å²) in [7, 11) is 1.60. The van der Waals surface area contributed by atoms with Crippen LogP contribution in [0.1, 0.15) is 43.7 Å². The van der Waals surface area contributed by atoms with E-state index in [1.807, 2.05) is 26.0 Å². The van der Waals surface area contributed by atoms with Crippen LogP contribution in [-0.2, 0) is 10.2 Å². The molecule has 0 radical (unpaired) electrons. The van der Waals surface area contributed by atoms with Gasteiger partial charge in [0.2, 0.25) is 6.41 Å². The number of rotatable bonds is 8. The number of urea groups is 1. The van der Waals surface area contributed by atoms with Crippen molar-refractivity contribution in [3.63, 3.8) is 0 Å². The Morgan fingerprint density at radius 3 is 2.74 bits per heavy atom. The molecule has 0 aromatic heterocycles. The topological polar surface area (TPSA) is 93.1 Å². The lowest BCUT2D eigenvalue weighted by Gasteiger charge is -2.57. The summed E-state index contributed by atoms with van der Waals surface area (Å²) < 4.78 is 0. The van der Waals surface area contributed by atoms with Crippen molar-refractivity contribution >= 4 is 12.4 Å². The molecule has 31 heavy (non-hydrogen) atoms. The summed E-state index contributed by atoms with van der Waals surface area (Å²) in [5.41, 5.74) is -0.165. The number of hydrogen-bond acceptors (Lipinski definition) is 5. The van der Waals surface area contributed by atoms with Gasteiger partial charge in [0.25, 0.3) is 0 Å². The lowest BCUT2D eigenvalue weighted by Crippen LogP contribution is -2.68. The van der Waals surface area contributed by atoms with Crippen LogP contribution in [0.2, 0.25) is 0 Å². The fourth-order valence-corrected chi connectivity index (χ4v) is 5.17. The van der Waals surface area contributed by atoms with Crippen molar-refractivity contribution < 1.29 is 19.8 Å². The summed E-state index contributed by atoms with van der Waals surface area (Å²) >= 11 is 0. The average Bonchev–Trinajstić information content (AvgIpc) is 3.56. The van der Waals surface area contributed by atoms with E-state index in [1.165, 1.54) is 17.7 Å². The van der Waals surface area contributed by atoms with Gasteiger partial charge in [-0.05, 0) is 75.3 Å². The van der Waals surface area contributed by atoms with Gasteiger partial charge in [0, 0.05) is 31.6 Å². The first kappa shape index (κ1) is 23.3. The van der Waals surface area contributed by atoms with Crippen molar-refractivity contribution in [1.82, 2.24) is 15.1 Å². The molecule has 1 saturated carbocycles. The van der Waals surface area contributed by atoms with Gasteiger partial charge in [-0.25, -0.2) is 4.79 Å². The van der Waals surface area contributed by atoms with E-state index < -0.39 is 17.0 Å². The van der Waals surface area contributed by atoms with Crippen LogP contribution in [0.4, 0.5) is 4.79 Å². The maximum Gasteiger partial charge on any atom is 0.323 e. The maximum atomic E-state index is 12.4. The molecule has 7 nitrogen and oxygen atoms in total. The molecule has 3 atom stereocenters. The van der Waals surface area contributed by atoms with Gasteiger partial charge in [0.1, 0.15) is 5.75 Å². The number of piperidine rings is 1. The van der Waals surface area contributed by atoms with Crippen LogP contribution in [0, 0.1) is 12.8 Å². The molecular weight excluding hydrogens is 394 g/mol. The molecule has 1 aromatic carbocycles. The van der Waals surface area contributed by atoms with Crippen LogP contribution in [0.5, 0.6) is 5.75 Å². The number of amides is 3. The molecule has 2 fully saturated rings. The van der Waals surface area contributed by atoms with Crippen LogP contribution in [0.15, 0.2) is 30.9 Å². The largest absolute Gasteiger partial charge is 0.508 e. The molecule has 1 aromatic rings. The maximum absolute atomic E-state index is 12.4. The van der Waals surface area contributed by atoms with Gasteiger partial charge in [-0.2, -0.15) is 0 Å². The summed E-state index contributed by atoms with van der Waals surface area (Å²) in [6.45, 7) is 10.2. The number of phenols is 1. The van der Waals surface area contributed by atoms with Crippen molar-refractivity contribution in [2.24, 2.45) is 5.92 Å². The van der Waals surface area contributed by atoms with E-state index in [1.54, 1.807) is 19.2 Å². The number of phenolic OH excluding ortho intramolecular Hbond substituents is 1. The van der Waals surface area contributed by atoms with E-state index in [2.05, 4.69) is 16.8 Å². The first-order chi connectivity index (χ1) is 14.7. The molecule has 1 aliphatic carbocycles. The van der Waals surface area contributed by atoms with Crippen molar-refractivity contribution in [3.05, 3.63) is 42.0 Å². The Morgan fingerprint density at radius 2 is 2.13 bits per heavy atom. The van der Waals surface area contributed by atoms with Crippen LogP contribution in [0.25, 0.3) is 0 Å². The van der Waals surface area contributed by atoms with Crippen molar-refractivity contribution in [3.8, 4) is 5.75 Å². The number of nitrogens with one attached hydrogen (secondary N) is 1. The normalized spacial score (nSPS) is 28.7. The Kier molecular flexibility index (Phi) is 6.76. The second kappa shape index (κ2) is 9.01. The third-order valence-corrected chi connectivity index (χ3v) is 7.40. The van der Waals surface area contributed by atoms with E-state index in [4.69, 9.17) is 0 Å². The smallest absolute Gasteiger partial charge is 0.323 e. The Bertz CT molecular complexity index is 840. The third-order valence-electron chi connectivity index (χ3n) is 7.40. The highest BCUT2D eigenvalue weighted by Crippen LogP contribution is 2.50. The number of benzene rings is 1. The molecule has 7 heteroatoms. The van der Waals surface area contributed by atoms with Crippen LogP contribution < -0.4 is 5.32 Å². The quantitative estimate of drug-likeness (QED) is 0.436. The molecule has 170 valence electrons. The van der Waals surface area contributed by atoms with Crippen LogP contribution in [0.3, 0.4) is 0 Å². The van der Waals surface area contributed by atoms with E-state index in [0.717, 1.165) is 24.2 Å². The fourth-order valence-electron chi connectivity index (χ4n) is 5.17. The number of aryl methyl sites for hydroxylation is 1. The Balaban J connectivity index is 2.00. The molecule has 3 amide bonds. The SMILES string of the molecule is C=CC1(c2cc(O)ccc2C)CCN(CC2CC2)C(C)C1(O)CCN(C)C(=O)NC=O. The molecule has 1 aliphatic heterocycles. The van der Waals surface area contributed by atoms with Gasteiger partial charge in [-0.15, -0.1) is 6.58 Å². The van der Waals surface area contributed by atoms with Gasteiger partial charge in [-0.3, -0.25) is 15.0 Å². The minimum Gasteiger partial charge on any atom is -0.508 e. The number of carbonyl (C=O) groups excluding carboxylic acids is 2. The van der Waals surface area contributed by atoms with Crippen molar-refractivity contribution in [2.75, 3.05) is 26.7 Å². The predicted molar refractivity (Wildman–Crippen MR) is 120 cm³/mol. The molecule has 3 unspecified atom stereocenters. The average molecular weight is 430 g/mol. The molecule has 3 rings (SSSR count). The van der Waals surface area contributed by atoms with Gasteiger partial charge < -0.3 is 15.1 Å². The number of likely N-dealkylation sites (tertiary alicyclic amines) is 1. The van der Waals surface area contributed by atoms with E-state index in [-0.39, 0.29) is 18.3 Å². The zero-order valence-corrected chi connectivity index (χ0v) is 18.8. The number of aliphatic hydroxyl groups is 1. The van der Waals surface area contributed by atoms with Gasteiger partial charge in [-0.1, -0.05) is 12.1 Å². The highest BCUT2D eigenvalue weighted by molar-refractivity contribution is 5.84. The lowest BCUT2D eigenvalue weighted by atomic mass is 9.58. The molecule has 0 spiro atoms. The molecule has 1 saturated heterocycles. The zero-order chi connectivity index (χ0) is 22.8. The monoisotopic (exact) mass is 429 g/mol. The Hall–Kier alpha value is -2.38. The van der Waals surface area contributed by atoms with Gasteiger partial charge in [0.05, 0.1) is 5.60 Å². The molecule has 3 N–H and O–H groups in total. The minimum absolute atomic E-state index is 0.153. The number of imide groups is 1. The second-order valence-electron chi connectivity index (χ2n) is 9.20. The summed E-state index contributed by atoms with van der Waals surface area (Å²) in [5, 5.41) is 24.7. The van der Waals surface area contributed by atoms with E-state index in [0.29, 0.717) is 25.2 Å². The van der Waals surface area contributed by atoms with Crippen LogP contribution in [-0.4, -0.2) is 70.8 Å². The van der Waals surface area contributed by atoms with E-state index in [9.17, 15) is 19.8 Å². The third kappa shape index (κ3) is 4.34. The minimum atomic E-state index is -1.23. The highest BCUT2D eigenvalue weighted by atomic mass is 16.3. The second-order valence-corrected chi connectivity index (χ2v) is 9.20. The lowest BCUT2D eigenvalue weighted by molar-refractivity contribution is -0.125. The fraction of sp³-hybridized carbons (Fsp3) is 0.583. The van der Waals surface area contributed by atoms with Crippen molar-refractivity contribution in [1.29, 1.82) is 0 Å². The molecular formula is C24H35N3O4. The first-order valence-corrected chi connectivity index (χ1v) is 11.0. The summed E-state index contributed by atoms with van der Waals surface area (Å²) in [6, 6.07) is 4.56. The number of nitrogens with zero attached hydrogens (tertiary/aromatic N) is 2. The summed E-state index contributed by atoms with van der Waals surface area (Å²) in [6.07, 6.45) is 5.62. The summed E-state index contributed by atoms with van der Waals surface area (Å²) in [5.74, 6) is 0.839. The van der Waals surface area contributed by atoms with E-state index >= 15 is 0 Å². The van der Waals surface area contributed by atoms with Crippen LogP contribution >= 0.6 is 0 Å². The van der Waals surface area contributed by atoms with Gasteiger partial charge in [0.15, 0.2) is 0 Å². The zero-order valence-electron chi connectivity index (χ0n) is 18.8. The first-order valence-electron chi connectivity index (χ1n) is 11.0. The van der Waals surface area contributed by atoms with Gasteiger partial charge >= 0.3 is 6.03 Å². The standard InChI is InChI=1S/C24H35N3O4/c1-5-23(21-14-20(29)9-6-17(21)2)10-13-27(15-19-7-8-19)18(3)24(23,31)11-12-26(4)22(30)25-16-28/h5-6,9,14,16,18-19,29,31H,1,7-8,10-13,15H2,2-4H3,(H,25,28,30). The molecule has 0 bridgehead atoms. The number of hydrogen-bond donors (Lipinski definition) is 3. The number of carbonyl (C=O) groups is 2. The number of aromatic hydroxyl groups is 1. The predicted octanol–water partition coefficient (Wildman–Crippen LogP) is 2.55. The summed E-state index contributed by atoms with van der Waals surface area (Å²) in [4.78, 5) is 26.5. The van der Waals surface area contributed by atoms with Crippen molar-refractivity contribution in [2.45, 2.75) is 56.6 Å². The Morgan fingerprint density at radius 1 is 1.42 bits per heavy atom. The molecule has 2 aliphatic rings. The Labute approximate surface area is 184 Å².